The van der Waals surface area contributed by atoms with E-state index in [1.165, 1.54) is 17.3 Å². The molecule has 6 nitrogen and oxygen atoms in total. The molecule has 1 aliphatic heterocycles. The third-order valence-electron chi connectivity index (χ3n) is 7.11. The molecule has 0 bridgehead atoms. The van der Waals surface area contributed by atoms with Crippen molar-refractivity contribution in [3.63, 3.8) is 0 Å². The number of nitrogens with zero attached hydrogens (tertiary/aromatic N) is 1. The molecule has 0 amide bonds. The van der Waals surface area contributed by atoms with Crippen molar-refractivity contribution >= 4 is 23.3 Å². The van der Waals surface area contributed by atoms with Crippen molar-refractivity contribution in [2.45, 2.75) is 52.4 Å². The zero-order valence-corrected chi connectivity index (χ0v) is 23.6. The zero-order valence-electron chi connectivity index (χ0n) is 22.8. The lowest BCUT2D eigenvalue weighted by molar-refractivity contribution is -0.118. The van der Waals surface area contributed by atoms with E-state index in [4.69, 9.17) is 9.47 Å². The Bertz CT molecular complexity index is 1360. The minimum Gasteiger partial charge on any atom is -0.493 e. The van der Waals surface area contributed by atoms with Crippen LogP contribution in [0, 0.1) is 16.7 Å². The van der Waals surface area contributed by atoms with Crippen LogP contribution < -0.4 is 14.8 Å². The molecule has 0 spiro atoms. The van der Waals surface area contributed by atoms with Gasteiger partial charge in [0.25, 0.3) is 0 Å². The van der Waals surface area contributed by atoms with Crippen molar-refractivity contribution in [1.29, 1.82) is 5.26 Å². The van der Waals surface area contributed by atoms with Crippen LogP contribution in [0.15, 0.2) is 64.3 Å². The molecule has 0 aromatic heterocycles. The quantitative estimate of drug-likeness (QED) is 0.389. The van der Waals surface area contributed by atoms with Gasteiger partial charge in [-0.3, -0.25) is 9.59 Å². The maximum Gasteiger partial charge on any atom is 0.173 e. The first-order valence-electron chi connectivity index (χ1n) is 12.7. The van der Waals surface area contributed by atoms with Crippen LogP contribution in [0.2, 0.25) is 0 Å². The summed E-state index contributed by atoms with van der Waals surface area (Å²) in [5.41, 5.74) is 4.25. The van der Waals surface area contributed by atoms with Crippen molar-refractivity contribution in [2.24, 2.45) is 5.41 Å². The summed E-state index contributed by atoms with van der Waals surface area (Å²) in [6, 6.07) is 15.5. The lowest BCUT2D eigenvalue weighted by Gasteiger charge is -2.39. The average Bonchev–Trinajstić information content (AvgIpc) is 2.89. The van der Waals surface area contributed by atoms with E-state index in [0.717, 1.165) is 11.3 Å². The van der Waals surface area contributed by atoms with Gasteiger partial charge in [-0.25, -0.2) is 0 Å². The molecule has 4 rings (SSSR count). The predicted molar refractivity (Wildman–Crippen MR) is 150 cm³/mol. The van der Waals surface area contributed by atoms with Gasteiger partial charge in [-0.05, 0) is 41.0 Å². The van der Waals surface area contributed by atoms with Crippen LogP contribution in [-0.2, 0) is 4.79 Å². The van der Waals surface area contributed by atoms with Crippen molar-refractivity contribution in [3.05, 3.63) is 81.0 Å². The van der Waals surface area contributed by atoms with Crippen molar-refractivity contribution in [1.82, 2.24) is 5.32 Å². The topological polar surface area (TPSA) is 88.4 Å². The molecule has 1 atom stereocenters. The van der Waals surface area contributed by atoms with E-state index >= 15 is 0 Å². The molecule has 7 heteroatoms. The minimum absolute atomic E-state index is 0.0145. The number of carbonyl (C=O) groups excluding carboxylic acids is 2. The molecule has 1 aliphatic carbocycles. The Kier molecular flexibility index (Phi) is 8.03. The Morgan fingerprint density at radius 1 is 1.11 bits per heavy atom. The zero-order chi connectivity index (χ0) is 27.6. The number of nitrogens with one attached hydrogen (secondary N) is 1. The molecular weight excluding hydrogens is 496 g/mol. The van der Waals surface area contributed by atoms with Crippen LogP contribution in [0.3, 0.4) is 0 Å². The van der Waals surface area contributed by atoms with E-state index in [2.05, 4.69) is 39.1 Å². The monoisotopic (exact) mass is 530 g/mol. The highest BCUT2D eigenvalue weighted by atomic mass is 32.2. The SMILES string of the molecule is COc1ccc(C2C(C#N)=C(SCC(=O)c3ccc(C(C)C)cc3)NC3=C2C(=O)CC(C)(C)C3)cc1OC. The van der Waals surface area contributed by atoms with E-state index in [9.17, 15) is 14.9 Å². The van der Waals surface area contributed by atoms with E-state index in [-0.39, 0.29) is 22.7 Å². The Hall–Kier alpha value is -3.50. The van der Waals surface area contributed by atoms with E-state index in [1.807, 2.05) is 36.4 Å². The number of benzene rings is 2. The molecule has 1 heterocycles. The molecular formula is C31H34N2O4S. The summed E-state index contributed by atoms with van der Waals surface area (Å²) in [6.07, 6.45) is 1.08. The number of Topliss-reactive ketones (excluding diaryl/α,β-unsaturated/α-hetero) is 2. The summed E-state index contributed by atoms with van der Waals surface area (Å²) in [6.45, 7) is 8.38. The summed E-state index contributed by atoms with van der Waals surface area (Å²) in [5.74, 6) is 1.13. The average molecular weight is 531 g/mol. The van der Waals surface area contributed by atoms with Gasteiger partial charge in [0.05, 0.1) is 42.6 Å². The first-order chi connectivity index (χ1) is 18.1. The number of methoxy groups -OCH3 is 2. The van der Waals surface area contributed by atoms with Gasteiger partial charge in [-0.15, -0.1) is 0 Å². The fraction of sp³-hybridized carbons (Fsp3) is 0.387. The van der Waals surface area contributed by atoms with Crippen LogP contribution in [0.1, 0.15) is 73.9 Å². The third-order valence-corrected chi connectivity index (χ3v) is 8.13. The molecule has 0 saturated carbocycles. The normalized spacial score (nSPS) is 18.6. The lowest BCUT2D eigenvalue weighted by Crippen LogP contribution is -2.37. The van der Waals surface area contributed by atoms with Crippen LogP contribution in [0.4, 0.5) is 0 Å². The third kappa shape index (κ3) is 5.51. The summed E-state index contributed by atoms with van der Waals surface area (Å²) in [7, 11) is 3.13. The molecule has 198 valence electrons. The van der Waals surface area contributed by atoms with Crippen molar-refractivity contribution in [2.75, 3.05) is 20.0 Å². The summed E-state index contributed by atoms with van der Waals surface area (Å²) in [4.78, 5) is 26.5. The fourth-order valence-electron chi connectivity index (χ4n) is 5.13. The molecule has 2 aromatic rings. The predicted octanol–water partition coefficient (Wildman–Crippen LogP) is 6.51. The Labute approximate surface area is 229 Å². The number of carbonyl (C=O) groups is 2. The molecule has 38 heavy (non-hydrogen) atoms. The molecule has 0 fully saturated rings. The maximum absolute atomic E-state index is 13.5. The molecule has 0 radical (unpaired) electrons. The Morgan fingerprint density at radius 2 is 1.79 bits per heavy atom. The van der Waals surface area contributed by atoms with Crippen molar-refractivity contribution < 1.29 is 19.1 Å². The first kappa shape index (κ1) is 27.5. The lowest BCUT2D eigenvalue weighted by atomic mass is 9.69. The van der Waals surface area contributed by atoms with Crippen LogP contribution >= 0.6 is 11.8 Å². The van der Waals surface area contributed by atoms with Gasteiger partial charge in [0.2, 0.25) is 0 Å². The van der Waals surface area contributed by atoms with Gasteiger partial charge in [0.15, 0.2) is 23.1 Å². The van der Waals surface area contributed by atoms with E-state index in [0.29, 0.717) is 52.0 Å². The smallest absolute Gasteiger partial charge is 0.173 e. The number of hydrogen-bond acceptors (Lipinski definition) is 7. The molecule has 1 unspecified atom stereocenters. The molecule has 2 aromatic carbocycles. The number of allylic oxidation sites excluding steroid dienone is 3. The maximum atomic E-state index is 13.5. The summed E-state index contributed by atoms with van der Waals surface area (Å²) >= 11 is 1.31. The number of dihydropyridines is 1. The standard InChI is InChI=1S/C31H34N2O4S/c1-18(2)19-7-9-20(10-8-19)25(35)17-38-30-22(16-32)28(21-11-12-26(36-5)27(13-21)37-6)29-23(33-30)14-31(3,4)15-24(29)34/h7-13,18,28,33H,14-15,17H2,1-6H3. The van der Waals surface area contributed by atoms with Gasteiger partial charge < -0.3 is 14.8 Å². The van der Waals surface area contributed by atoms with Crippen LogP contribution in [0.5, 0.6) is 11.5 Å². The van der Waals surface area contributed by atoms with E-state index in [1.54, 1.807) is 20.3 Å². The van der Waals surface area contributed by atoms with Gasteiger partial charge >= 0.3 is 0 Å². The number of ketones is 2. The number of thioether (sulfide) groups is 1. The van der Waals surface area contributed by atoms with Gasteiger partial charge in [0.1, 0.15) is 0 Å². The highest BCUT2D eigenvalue weighted by Gasteiger charge is 2.42. The number of nitriles is 1. The molecule has 0 saturated heterocycles. The van der Waals surface area contributed by atoms with Gasteiger partial charge in [0, 0.05) is 23.3 Å². The van der Waals surface area contributed by atoms with Crippen LogP contribution in [-0.4, -0.2) is 31.5 Å². The number of rotatable bonds is 8. The molecule has 1 N–H and O–H groups in total. The van der Waals surface area contributed by atoms with Crippen molar-refractivity contribution in [3.8, 4) is 17.6 Å². The number of hydrogen-bond donors (Lipinski definition) is 1. The van der Waals surface area contributed by atoms with E-state index < -0.39 is 5.92 Å². The second-order valence-corrected chi connectivity index (χ2v) is 11.8. The highest BCUT2D eigenvalue weighted by molar-refractivity contribution is 8.03. The number of ether oxygens (including phenoxy) is 2. The van der Waals surface area contributed by atoms with Crippen LogP contribution in [0.25, 0.3) is 0 Å². The largest absolute Gasteiger partial charge is 0.493 e. The fourth-order valence-corrected chi connectivity index (χ4v) is 6.09. The summed E-state index contributed by atoms with van der Waals surface area (Å²) in [5, 5.41) is 14.3. The Morgan fingerprint density at radius 3 is 2.39 bits per heavy atom. The second-order valence-electron chi connectivity index (χ2n) is 10.8. The van der Waals surface area contributed by atoms with Gasteiger partial charge in [-0.2, -0.15) is 5.26 Å². The second kappa shape index (κ2) is 11.1. The molecule has 2 aliphatic rings. The first-order valence-corrected chi connectivity index (χ1v) is 13.7. The minimum atomic E-state index is -0.553. The Balaban J connectivity index is 1.72. The summed E-state index contributed by atoms with van der Waals surface area (Å²) < 4.78 is 10.9. The van der Waals surface area contributed by atoms with Gasteiger partial charge in [-0.1, -0.05) is 69.8 Å². The highest BCUT2D eigenvalue weighted by Crippen LogP contribution is 2.48.